The minimum Gasteiger partial charge on any atom is -0.375 e. The fourth-order valence-electron chi connectivity index (χ4n) is 3.28. The van der Waals surface area contributed by atoms with E-state index in [0.717, 1.165) is 35.7 Å². The van der Waals surface area contributed by atoms with Crippen molar-refractivity contribution in [1.82, 2.24) is 15.2 Å². The van der Waals surface area contributed by atoms with E-state index in [0.29, 0.717) is 0 Å². The molecule has 1 aromatic rings. The Hall–Kier alpha value is -1.14. The summed E-state index contributed by atoms with van der Waals surface area (Å²) < 4.78 is 5.33. The van der Waals surface area contributed by atoms with E-state index < -0.39 is 0 Å². The number of hydrogen-bond acceptors (Lipinski definition) is 4. The van der Waals surface area contributed by atoms with Crippen LogP contribution in [-0.2, 0) is 11.3 Å². The van der Waals surface area contributed by atoms with Crippen LogP contribution in [0.4, 0.5) is 0 Å². The Labute approximate surface area is 150 Å². The van der Waals surface area contributed by atoms with Crippen molar-refractivity contribution < 1.29 is 4.74 Å². The van der Waals surface area contributed by atoms with Crippen LogP contribution in [-0.4, -0.2) is 43.6 Å². The van der Waals surface area contributed by atoms with Crippen molar-refractivity contribution in [3.05, 3.63) is 16.1 Å². The molecule has 6 heteroatoms. The van der Waals surface area contributed by atoms with Gasteiger partial charge in [0.15, 0.2) is 5.96 Å². The molecule has 1 aliphatic rings. The lowest BCUT2D eigenvalue weighted by Gasteiger charge is -2.21. The van der Waals surface area contributed by atoms with Crippen molar-refractivity contribution in [1.29, 1.82) is 0 Å². The molecule has 0 spiro atoms. The highest BCUT2D eigenvalue weighted by molar-refractivity contribution is 7.09. The molecule has 0 aromatic carbocycles. The van der Waals surface area contributed by atoms with Gasteiger partial charge in [0.2, 0.25) is 0 Å². The summed E-state index contributed by atoms with van der Waals surface area (Å²) in [5.74, 6) is 1.90. The van der Waals surface area contributed by atoms with Crippen LogP contribution in [0.15, 0.2) is 10.4 Å². The summed E-state index contributed by atoms with van der Waals surface area (Å²) in [6.07, 6.45) is 8.35. The molecule has 1 saturated carbocycles. The van der Waals surface area contributed by atoms with E-state index in [9.17, 15) is 0 Å². The number of methoxy groups -OCH3 is 1. The molecule has 0 aliphatic heterocycles. The predicted molar refractivity (Wildman–Crippen MR) is 102 cm³/mol. The second-order valence-corrected chi connectivity index (χ2v) is 7.57. The van der Waals surface area contributed by atoms with Crippen molar-refractivity contribution in [3.8, 4) is 0 Å². The lowest BCUT2D eigenvalue weighted by molar-refractivity contribution is 0.119. The molecule has 1 atom stereocenters. The standard InChI is InChI=1S/C18H32N4OS/c1-14(23-4)17-21-16(13-24-17)12-22(3)18(19-2)20-11-7-10-15-8-5-6-9-15/h13-15H,5-12H2,1-4H3,(H,19,20). The molecule has 1 N–H and O–H groups in total. The van der Waals surface area contributed by atoms with Crippen molar-refractivity contribution in [2.45, 2.75) is 58.1 Å². The summed E-state index contributed by atoms with van der Waals surface area (Å²) in [6.45, 7) is 3.78. The first-order valence-corrected chi connectivity index (χ1v) is 9.91. The molecule has 1 unspecified atom stereocenters. The summed E-state index contributed by atoms with van der Waals surface area (Å²) in [5, 5.41) is 6.62. The average Bonchev–Trinajstić information content (AvgIpc) is 3.26. The van der Waals surface area contributed by atoms with Gasteiger partial charge >= 0.3 is 0 Å². The lowest BCUT2D eigenvalue weighted by atomic mass is 10.0. The number of aliphatic imine (C=N–C) groups is 1. The quantitative estimate of drug-likeness (QED) is 0.439. The van der Waals surface area contributed by atoms with E-state index in [1.807, 2.05) is 14.0 Å². The highest BCUT2D eigenvalue weighted by Crippen LogP contribution is 2.28. The first-order valence-electron chi connectivity index (χ1n) is 9.03. The third kappa shape index (κ3) is 5.74. The minimum absolute atomic E-state index is 0.0575. The zero-order valence-corrected chi connectivity index (χ0v) is 16.4. The zero-order valence-electron chi connectivity index (χ0n) is 15.5. The maximum Gasteiger partial charge on any atom is 0.193 e. The fraction of sp³-hybridized carbons (Fsp3) is 0.778. The Morgan fingerprint density at radius 1 is 1.50 bits per heavy atom. The number of thiazole rings is 1. The van der Waals surface area contributed by atoms with Crippen LogP contribution >= 0.6 is 11.3 Å². The van der Waals surface area contributed by atoms with Gasteiger partial charge < -0.3 is 15.0 Å². The zero-order chi connectivity index (χ0) is 17.4. The van der Waals surface area contributed by atoms with E-state index in [1.165, 1.54) is 38.5 Å². The highest BCUT2D eigenvalue weighted by Gasteiger charge is 2.15. The van der Waals surface area contributed by atoms with Gasteiger partial charge in [0.25, 0.3) is 0 Å². The highest BCUT2D eigenvalue weighted by atomic mass is 32.1. The van der Waals surface area contributed by atoms with E-state index in [2.05, 4.69) is 32.6 Å². The summed E-state index contributed by atoms with van der Waals surface area (Å²) >= 11 is 1.66. The molecular formula is C18H32N4OS. The maximum atomic E-state index is 5.33. The molecular weight excluding hydrogens is 320 g/mol. The van der Waals surface area contributed by atoms with Gasteiger partial charge in [-0.1, -0.05) is 25.7 Å². The summed E-state index contributed by atoms with van der Waals surface area (Å²) in [4.78, 5) is 11.2. The van der Waals surface area contributed by atoms with Crippen molar-refractivity contribution in [2.24, 2.45) is 10.9 Å². The van der Waals surface area contributed by atoms with Crippen molar-refractivity contribution >= 4 is 17.3 Å². The normalized spacial score (nSPS) is 17.2. The third-order valence-corrected chi connectivity index (χ3v) is 5.85. The second-order valence-electron chi connectivity index (χ2n) is 6.68. The number of nitrogens with zero attached hydrogens (tertiary/aromatic N) is 3. The van der Waals surface area contributed by atoms with E-state index in [4.69, 9.17) is 4.74 Å². The van der Waals surface area contributed by atoms with Crippen molar-refractivity contribution in [3.63, 3.8) is 0 Å². The van der Waals surface area contributed by atoms with Gasteiger partial charge in [0.1, 0.15) is 11.1 Å². The van der Waals surface area contributed by atoms with Gasteiger partial charge in [0, 0.05) is 33.1 Å². The minimum atomic E-state index is 0.0575. The van der Waals surface area contributed by atoms with Crippen LogP contribution in [0.2, 0.25) is 0 Å². The number of aromatic nitrogens is 1. The van der Waals surface area contributed by atoms with E-state index in [1.54, 1.807) is 18.4 Å². The molecule has 1 aromatic heterocycles. The second kappa shape index (κ2) is 9.99. The predicted octanol–water partition coefficient (Wildman–Crippen LogP) is 3.83. The first kappa shape index (κ1) is 19.2. The molecule has 0 amide bonds. The van der Waals surface area contributed by atoms with E-state index >= 15 is 0 Å². The molecule has 2 rings (SSSR count). The molecule has 0 bridgehead atoms. The van der Waals surface area contributed by atoms with Gasteiger partial charge in [0.05, 0.1) is 12.2 Å². The Kier molecular flexibility index (Phi) is 7.99. The van der Waals surface area contributed by atoms with E-state index in [-0.39, 0.29) is 6.10 Å². The average molecular weight is 353 g/mol. The number of nitrogens with one attached hydrogen (secondary N) is 1. The number of guanidine groups is 1. The molecule has 1 heterocycles. The molecule has 0 saturated heterocycles. The summed E-state index contributed by atoms with van der Waals surface area (Å²) in [5.41, 5.74) is 1.07. The SMILES string of the molecule is CN=C(NCCCC1CCCC1)N(C)Cc1csc(C(C)OC)n1. The largest absolute Gasteiger partial charge is 0.375 e. The van der Waals surface area contributed by atoms with Gasteiger partial charge in [-0.15, -0.1) is 11.3 Å². The fourth-order valence-corrected chi connectivity index (χ4v) is 4.12. The first-order chi connectivity index (χ1) is 11.6. The molecule has 1 aliphatic carbocycles. The Morgan fingerprint density at radius 2 is 2.25 bits per heavy atom. The third-order valence-electron chi connectivity index (χ3n) is 4.79. The maximum absolute atomic E-state index is 5.33. The molecule has 5 nitrogen and oxygen atoms in total. The van der Waals surface area contributed by atoms with Crippen LogP contribution in [0.3, 0.4) is 0 Å². The molecule has 136 valence electrons. The van der Waals surface area contributed by atoms with Crippen LogP contribution in [0.5, 0.6) is 0 Å². The molecule has 0 radical (unpaired) electrons. The van der Waals surface area contributed by atoms with Gasteiger partial charge in [-0.2, -0.15) is 0 Å². The topological polar surface area (TPSA) is 49.8 Å². The Morgan fingerprint density at radius 3 is 2.92 bits per heavy atom. The summed E-state index contributed by atoms with van der Waals surface area (Å²) in [7, 11) is 5.62. The van der Waals surface area contributed by atoms with Crippen molar-refractivity contribution in [2.75, 3.05) is 27.7 Å². The monoisotopic (exact) mass is 352 g/mol. The molecule has 1 fully saturated rings. The summed E-state index contributed by atoms with van der Waals surface area (Å²) in [6, 6.07) is 0. The molecule has 24 heavy (non-hydrogen) atoms. The smallest absolute Gasteiger partial charge is 0.193 e. The lowest BCUT2D eigenvalue weighted by Crippen LogP contribution is -2.39. The van der Waals surface area contributed by atoms with Crippen LogP contribution in [0.1, 0.15) is 62.3 Å². The van der Waals surface area contributed by atoms with Gasteiger partial charge in [-0.25, -0.2) is 4.98 Å². The number of rotatable bonds is 8. The Balaban J connectivity index is 1.74. The Bertz CT molecular complexity index is 511. The van der Waals surface area contributed by atoms with Gasteiger partial charge in [-0.3, -0.25) is 4.99 Å². The number of ether oxygens (including phenoxy) is 1. The van der Waals surface area contributed by atoms with Crippen LogP contribution in [0.25, 0.3) is 0 Å². The van der Waals surface area contributed by atoms with Crippen LogP contribution < -0.4 is 5.32 Å². The number of hydrogen-bond donors (Lipinski definition) is 1. The van der Waals surface area contributed by atoms with Gasteiger partial charge in [-0.05, 0) is 25.7 Å². The van der Waals surface area contributed by atoms with Crippen LogP contribution in [0, 0.1) is 5.92 Å².